The summed E-state index contributed by atoms with van der Waals surface area (Å²) < 4.78 is 37.5. The van der Waals surface area contributed by atoms with Crippen LogP contribution in [0.1, 0.15) is 15.2 Å². The monoisotopic (exact) mass is 341 g/mol. The quantitative estimate of drug-likeness (QED) is 0.655. The Bertz CT molecular complexity index is 706. The minimum Gasteiger partial charge on any atom is -0.383 e. The fourth-order valence-electron chi connectivity index (χ4n) is 1.61. The molecule has 0 aliphatic carbocycles. The second kappa shape index (κ2) is 6.82. The van der Waals surface area contributed by atoms with Crippen LogP contribution in [0.2, 0.25) is 0 Å². The molecule has 23 heavy (non-hydrogen) atoms. The lowest BCUT2D eigenvalue weighted by Gasteiger charge is -2.07. The van der Waals surface area contributed by atoms with E-state index in [0.717, 1.165) is 23.5 Å². The molecule has 0 atom stereocenters. The molecule has 122 valence electrons. The van der Waals surface area contributed by atoms with Crippen LogP contribution in [0.25, 0.3) is 0 Å². The minimum absolute atomic E-state index is 0.184. The molecule has 0 unspecified atom stereocenters. The molecular weight excluding hydrogens is 327 g/mol. The number of alkyl halides is 3. The van der Waals surface area contributed by atoms with Gasteiger partial charge in [-0.3, -0.25) is 4.79 Å². The van der Waals surface area contributed by atoms with E-state index >= 15 is 0 Å². The van der Waals surface area contributed by atoms with E-state index in [1.165, 1.54) is 24.4 Å². The molecule has 2 aromatic rings. The Labute approximate surface area is 135 Å². The molecule has 0 radical (unpaired) electrons. The smallest absolute Gasteiger partial charge is 0.383 e. The fourth-order valence-corrected chi connectivity index (χ4v) is 2.37. The average molecular weight is 341 g/mol. The molecule has 0 aliphatic rings. The van der Waals surface area contributed by atoms with Crippen molar-refractivity contribution < 1.29 is 18.0 Å². The zero-order valence-corrected chi connectivity index (χ0v) is 13.2. The van der Waals surface area contributed by atoms with Crippen LogP contribution >= 0.6 is 11.3 Å². The first-order valence-corrected chi connectivity index (χ1v) is 7.36. The molecule has 1 aromatic heterocycles. The van der Waals surface area contributed by atoms with E-state index in [9.17, 15) is 18.0 Å². The molecule has 8 heteroatoms. The highest BCUT2D eigenvalue weighted by Gasteiger charge is 2.29. The number of ketones is 1. The van der Waals surface area contributed by atoms with Gasteiger partial charge in [0, 0.05) is 32.1 Å². The summed E-state index contributed by atoms with van der Waals surface area (Å²) in [4.78, 5) is 18.1. The van der Waals surface area contributed by atoms with Crippen molar-refractivity contribution >= 4 is 27.9 Å². The minimum atomic E-state index is -4.36. The molecule has 4 nitrogen and oxygen atoms in total. The van der Waals surface area contributed by atoms with Crippen molar-refractivity contribution in [1.82, 2.24) is 9.88 Å². The molecule has 0 amide bonds. The summed E-state index contributed by atoms with van der Waals surface area (Å²) in [5.41, 5.74) is -0.248. The number of hydrogen-bond donors (Lipinski definition) is 1. The Hall–Kier alpha value is -2.35. The van der Waals surface area contributed by atoms with E-state index in [2.05, 4.69) is 10.3 Å². The molecule has 1 aromatic carbocycles. The number of nitrogens with one attached hydrogen (secondary N) is 1. The molecule has 0 spiro atoms. The van der Waals surface area contributed by atoms with Crippen LogP contribution in [0.4, 0.5) is 24.0 Å². The van der Waals surface area contributed by atoms with E-state index in [0.29, 0.717) is 15.7 Å². The summed E-state index contributed by atoms with van der Waals surface area (Å²) in [6.07, 6.45) is 0.123. The number of allylic oxidation sites excluding steroid dienone is 1. The normalized spacial score (nSPS) is 11.7. The van der Waals surface area contributed by atoms with Crippen LogP contribution in [0.5, 0.6) is 0 Å². The number of thiazole rings is 1. The molecule has 0 saturated heterocycles. The predicted molar refractivity (Wildman–Crippen MR) is 84.0 cm³/mol. The Morgan fingerprint density at radius 1 is 1.26 bits per heavy atom. The van der Waals surface area contributed by atoms with E-state index in [-0.39, 0.29) is 5.78 Å². The SMILES string of the molecule is CN(C)/C=C/C(=O)c1cnc(Nc2ccc(C(F)(F)F)cc2)s1. The zero-order chi connectivity index (χ0) is 17.0. The standard InChI is InChI=1S/C15H14F3N3OS/c1-21(2)8-7-12(22)13-9-19-14(23-13)20-11-5-3-10(4-6-11)15(16,17)18/h3-9H,1-2H3,(H,19,20)/b8-7+. The van der Waals surface area contributed by atoms with Crippen LogP contribution in [-0.4, -0.2) is 29.8 Å². The highest BCUT2D eigenvalue weighted by atomic mass is 32.1. The summed E-state index contributed by atoms with van der Waals surface area (Å²) in [7, 11) is 3.60. The average Bonchev–Trinajstić information content (AvgIpc) is 2.93. The van der Waals surface area contributed by atoms with Gasteiger partial charge in [0.15, 0.2) is 10.9 Å². The molecule has 0 bridgehead atoms. The van der Waals surface area contributed by atoms with Gasteiger partial charge in [-0.15, -0.1) is 0 Å². The van der Waals surface area contributed by atoms with E-state index in [1.54, 1.807) is 25.2 Å². The predicted octanol–water partition coefficient (Wildman–Crippen LogP) is 4.16. The number of halogens is 3. The van der Waals surface area contributed by atoms with Crippen molar-refractivity contribution in [2.45, 2.75) is 6.18 Å². The Morgan fingerprint density at radius 3 is 2.48 bits per heavy atom. The van der Waals surface area contributed by atoms with Gasteiger partial charge in [-0.2, -0.15) is 13.2 Å². The third kappa shape index (κ3) is 4.82. The Morgan fingerprint density at radius 2 is 1.91 bits per heavy atom. The third-order valence-corrected chi connectivity index (χ3v) is 3.66. The maximum atomic E-state index is 12.5. The molecule has 1 N–H and O–H groups in total. The number of nitrogens with zero attached hydrogens (tertiary/aromatic N) is 2. The van der Waals surface area contributed by atoms with Crippen LogP contribution in [-0.2, 0) is 6.18 Å². The van der Waals surface area contributed by atoms with Crippen LogP contribution in [0.15, 0.2) is 42.7 Å². The lowest BCUT2D eigenvalue weighted by atomic mass is 10.2. The largest absolute Gasteiger partial charge is 0.416 e. The van der Waals surface area contributed by atoms with Gasteiger partial charge >= 0.3 is 6.18 Å². The molecule has 0 saturated carbocycles. The first-order valence-electron chi connectivity index (χ1n) is 6.55. The number of anilines is 2. The van der Waals surface area contributed by atoms with Crippen molar-refractivity contribution in [3.8, 4) is 0 Å². The maximum absolute atomic E-state index is 12.5. The van der Waals surface area contributed by atoms with Gasteiger partial charge in [0.25, 0.3) is 0 Å². The highest BCUT2D eigenvalue weighted by molar-refractivity contribution is 7.17. The molecule has 0 fully saturated rings. The van der Waals surface area contributed by atoms with E-state index < -0.39 is 11.7 Å². The van der Waals surface area contributed by atoms with Crippen molar-refractivity contribution in [2.24, 2.45) is 0 Å². The fraction of sp³-hybridized carbons (Fsp3) is 0.200. The first kappa shape index (κ1) is 17.0. The topological polar surface area (TPSA) is 45.2 Å². The first-order chi connectivity index (χ1) is 10.8. The maximum Gasteiger partial charge on any atom is 0.416 e. The van der Waals surface area contributed by atoms with Crippen molar-refractivity contribution in [3.05, 3.63) is 53.2 Å². The molecular formula is C15H14F3N3OS. The van der Waals surface area contributed by atoms with Crippen LogP contribution in [0, 0.1) is 0 Å². The van der Waals surface area contributed by atoms with E-state index in [4.69, 9.17) is 0 Å². The number of hydrogen-bond acceptors (Lipinski definition) is 5. The van der Waals surface area contributed by atoms with Crippen molar-refractivity contribution in [2.75, 3.05) is 19.4 Å². The number of benzene rings is 1. The van der Waals surface area contributed by atoms with Gasteiger partial charge < -0.3 is 10.2 Å². The summed E-state index contributed by atoms with van der Waals surface area (Å²) in [6, 6.07) is 4.61. The Balaban J connectivity index is 2.06. The summed E-state index contributed by atoms with van der Waals surface area (Å²) in [5, 5.41) is 3.31. The van der Waals surface area contributed by atoms with Gasteiger partial charge in [0.2, 0.25) is 0 Å². The summed E-state index contributed by atoms with van der Waals surface area (Å²) >= 11 is 1.13. The number of carbonyl (C=O) groups excluding carboxylic acids is 1. The lowest BCUT2D eigenvalue weighted by molar-refractivity contribution is -0.137. The second-order valence-electron chi connectivity index (χ2n) is 4.87. The van der Waals surface area contributed by atoms with Gasteiger partial charge in [-0.05, 0) is 24.3 Å². The van der Waals surface area contributed by atoms with Crippen LogP contribution < -0.4 is 5.32 Å². The van der Waals surface area contributed by atoms with Crippen LogP contribution in [0.3, 0.4) is 0 Å². The van der Waals surface area contributed by atoms with Gasteiger partial charge in [0.05, 0.1) is 16.6 Å². The van der Waals surface area contributed by atoms with E-state index in [1.807, 2.05) is 0 Å². The molecule has 2 rings (SSSR count). The third-order valence-electron chi connectivity index (χ3n) is 2.74. The van der Waals surface area contributed by atoms with Gasteiger partial charge in [-0.25, -0.2) is 4.98 Å². The number of carbonyl (C=O) groups is 1. The number of aromatic nitrogens is 1. The van der Waals surface area contributed by atoms with Crippen molar-refractivity contribution in [3.63, 3.8) is 0 Å². The zero-order valence-electron chi connectivity index (χ0n) is 12.4. The molecule has 1 heterocycles. The van der Waals surface area contributed by atoms with Gasteiger partial charge in [0.1, 0.15) is 0 Å². The summed E-state index contributed by atoms with van der Waals surface area (Å²) in [6.45, 7) is 0. The summed E-state index contributed by atoms with van der Waals surface area (Å²) in [5.74, 6) is -0.184. The second-order valence-corrected chi connectivity index (χ2v) is 5.90. The van der Waals surface area contributed by atoms with Gasteiger partial charge in [-0.1, -0.05) is 11.3 Å². The molecule has 0 aliphatic heterocycles. The highest BCUT2D eigenvalue weighted by Crippen LogP contribution is 2.30. The van der Waals surface area contributed by atoms with Crippen molar-refractivity contribution in [1.29, 1.82) is 0 Å². The number of rotatable bonds is 5. The lowest BCUT2D eigenvalue weighted by Crippen LogP contribution is -2.04. The Kier molecular flexibility index (Phi) is 5.05.